The maximum atomic E-state index is 5.17. The lowest BCUT2D eigenvalue weighted by atomic mass is 10.1. The molecule has 0 aromatic carbocycles. The minimum Gasteiger partial charge on any atom is -0.301 e. The van der Waals surface area contributed by atoms with Gasteiger partial charge in [-0.25, -0.2) is 5.90 Å². The first kappa shape index (κ1) is 10.5. The van der Waals surface area contributed by atoms with Crippen LogP contribution in [0.5, 0.6) is 0 Å². The molecule has 1 aliphatic rings. The molecule has 1 aromatic heterocycles. The lowest BCUT2D eigenvalue weighted by Crippen LogP contribution is -2.37. The second-order valence-electron chi connectivity index (χ2n) is 3.97. The first-order valence-corrected chi connectivity index (χ1v) is 5.35. The van der Waals surface area contributed by atoms with Gasteiger partial charge in [0.1, 0.15) is 0 Å². The Labute approximate surface area is 90.0 Å². The van der Waals surface area contributed by atoms with E-state index in [0.29, 0.717) is 0 Å². The minimum atomic E-state index is 0.249. The van der Waals surface area contributed by atoms with E-state index in [-0.39, 0.29) is 6.10 Å². The van der Waals surface area contributed by atoms with Gasteiger partial charge in [-0.05, 0) is 30.5 Å². The molecule has 0 radical (unpaired) electrons. The van der Waals surface area contributed by atoms with Crippen LogP contribution < -0.4 is 5.90 Å². The summed E-state index contributed by atoms with van der Waals surface area (Å²) in [7, 11) is 0. The van der Waals surface area contributed by atoms with Crippen LogP contribution in [0.25, 0.3) is 0 Å². The molecule has 1 aliphatic heterocycles. The summed E-state index contributed by atoms with van der Waals surface area (Å²) < 4.78 is 0. The average Bonchev–Trinajstić information content (AvgIpc) is 2.31. The highest BCUT2D eigenvalue weighted by molar-refractivity contribution is 5.09. The van der Waals surface area contributed by atoms with Crippen LogP contribution in [0, 0.1) is 0 Å². The van der Waals surface area contributed by atoms with Gasteiger partial charge in [-0.3, -0.25) is 9.88 Å². The number of aromatic nitrogens is 1. The van der Waals surface area contributed by atoms with Crippen molar-refractivity contribution in [2.45, 2.75) is 25.5 Å². The molecule has 0 bridgehead atoms. The van der Waals surface area contributed by atoms with Gasteiger partial charge in [0.15, 0.2) is 0 Å². The molecule has 1 saturated heterocycles. The Morgan fingerprint density at radius 1 is 1.33 bits per heavy atom. The van der Waals surface area contributed by atoms with E-state index in [2.05, 4.69) is 22.0 Å². The van der Waals surface area contributed by atoms with E-state index in [1.165, 1.54) is 5.56 Å². The van der Waals surface area contributed by atoms with E-state index in [9.17, 15) is 0 Å². The molecule has 4 nitrogen and oxygen atoms in total. The molecular weight excluding hydrogens is 190 g/mol. The Bertz CT molecular complexity index is 283. The Kier molecular flexibility index (Phi) is 3.66. The van der Waals surface area contributed by atoms with Gasteiger partial charge in [0.25, 0.3) is 0 Å². The summed E-state index contributed by atoms with van der Waals surface area (Å²) in [6, 6.07) is 4.12. The standard InChI is InChI=1S/C11H17N3O/c12-15-11-3-7-14(8-4-11)9-10-1-5-13-6-2-10/h1-2,5-6,11H,3-4,7-9,12H2. The molecule has 2 N–H and O–H groups in total. The van der Waals surface area contributed by atoms with Crippen molar-refractivity contribution < 1.29 is 4.84 Å². The molecule has 0 saturated carbocycles. The molecule has 2 rings (SSSR count). The van der Waals surface area contributed by atoms with Crippen molar-refractivity contribution in [1.82, 2.24) is 9.88 Å². The molecule has 2 heterocycles. The highest BCUT2D eigenvalue weighted by Crippen LogP contribution is 2.14. The maximum Gasteiger partial charge on any atom is 0.0811 e. The van der Waals surface area contributed by atoms with Gasteiger partial charge in [-0.15, -0.1) is 0 Å². The third-order valence-corrected chi connectivity index (χ3v) is 2.88. The van der Waals surface area contributed by atoms with Crippen LogP contribution in [0.2, 0.25) is 0 Å². The number of nitrogens with zero attached hydrogens (tertiary/aromatic N) is 2. The van der Waals surface area contributed by atoms with Gasteiger partial charge < -0.3 is 4.84 Å². The summed E-state index contributed by atoms with van der Waals surface area (Å²) >= 11 is 0. The van der Waals surface area contributed by atoms with E-state index >= 15 is 0 Å². The van der Waals surface area contributed by atoms with Crippen LogP contribution >= 0.6 is 0 Å². The fraction of sp³-hybridized carbons (Fsp3) is 0.545. The normalized spacial score (nSPS) is 19.3. The third-order valence-electron chi connectivity index (χ3n) is 2.88. The molecule has 1 fully saturated rings. The van der Waals surface area contributed by atoms with E-state index in [0.717, 1.165) is 32.5 Å². The molecule has 4 heteroatoms. The monoisotopic (exact) mass is 207 g/mol. The second-order valence-corrected chi connectivity index (χ2v) is 3.97. The molecule has 0 aliphatic carbocycles. The Morgan fingerprint density at radius 3 is 2.60 bits per heavy atom. The van der Waals surface area contributed by atoms with Crippen molar-refractivity contribution in [2.24, 2.45) is 5.90 Å². The van der Waals surface area contributed by atoms with Gasteiger partial charge in [-0.1, -0.05) is 0 Å². The third kappa shape index (κ3) is 2.99. The lowest BCUT2D eigenvalue weighted by molar-refractivity contribution is 0.00493. The van der Waals surface area contributed by atoms with Crippen molar-refractivity contribution in [3.63, 3.8) is 0 Å². The summed E-state index contributed by atoms with van der Waals surface area (Å²) in [5, 5.41) is 0. The van der Waals surface area contributed by atoms with Gasteiger partial charge in [0.2, 0.25) is 0 Å². The van der Waals surface area contributed by atoms with Crippen LogP contribution in [0.15, 0.2) is 24.5 Å². The Morgan fingerprint density at radius 2 is 2.00 bits per heavy atom. The largest absolute Gasteiger partial charge is 0.301 e. The number of hydrogen-bond donors (Lipinski definition) is 1. The average molecular weight is 207 g/mol. The minimum absolute atomic E-state index is 0.249. The van der Waals surface area contributed by atoms with E-state index in [1.807, 2.05) is 12.4 Å². The lowest BCUT2D eigenvalue weighted by Gasteiger charge is -2.30. The van der Waals surface area contributed by atoms with Crippen molar-refractivity contribution in [3.8, 4) is 0 Å². The van der Waals surface area contributed by atoms with Crippen molar-refractivity contribution in [2.75, 3.05) is 13.1 Å². The fourth-order valence-electron chi connectivity index (χ4n) is 1.95. The van der Waals surface area contributed by atoms with Crippen LogP contribution in [-0.2, 0) is 11.4 Å². The molecule has 1 aromatic rings. The number of hydrogen-bond acceptors (Lipinski definition) is 4. The summed E-state index contributed by atoms with van der Waals surface area (Å²) in [4.78, 5) is 11.3. The number of piperidine rings is 1. The molecular formula is C11H17N3O. The summed E-state index contributed by atoms with van der Waals surface area (Å²) in [6.07, 6.45) is 5.98. The predicted octanol–water partition coefficient (Wildman–Crippen LogP) is 0.936. The first-order valence-electron chi connectivity index (χ1n) is 5.35. The van der Waals surface area contributed by atoms with Crippen LogP contribution in [0.1, 0.15) is 18.4 Å². The van der Waals surface area contributed by atoms with Gasteiger partial charge in [-0.2, -0.15) is 0 Å². The van der Waals surface area contributed by atoms with Gasteiger partial charge >= 0.3 is 0 Å². The SMILES string of the molecule is NOC1CCN(Cc2ccncc2)CC1. The Hall–Kier alpha value is -0.970. The maximum absolute atomic E-state index is 5.17. The molecule has 15 heavy (non-hydrogen) atoms. The molecule has 82 valence electrons. The zero-order valence-electron chi connectivity index (χ0n) is 8.80. The molecule has 0 amide bonds. The van der Waals surface area contributed by atoms with Crippen LogP contribution in [-0.4, -0.2) is 29.1 Å². The first-order chi connectivity index (χ1) is 7.38. The van der Waals surface area contributed by atoms with E-state index in [4.69, 9.17) is 10.7 Å². The van der Waals surface area contributed by atoms with Crippen molar-refractivity contribution in [3.05, 3.63) is 30.1 Å². The molecule has 0 spiro atoms. The van der Waals surface area contributed by atoms with Crippen molar-refractivity contribution in [1.29, 1.82) is 0 Å². The highest BCUT2D eigenvalue weighted by Gasteiger charge is 2.18. The quantitative estimate of drug-likeness (QED) is 0.749. The second kappa shape index (κ2) is 5.21. The predicted molar refractivity (Wildman–Crippen MR) is 57.8 cm³/mol. The van der Waals surface area contributed by atoms with E-state index < -0.39 is 0 Å². The molecule has 0 unspecified atom stereocenters. The van der Waals surface area contributed by atoms with Crippen LogP contribution in [0.4, 0.5) is 0 Å². The van der Waals surface area contributed by atoms with Gasteiger partial charge in [0.05, 0.1) is 6.10 Å². The smallest absolute Gasteiger partial charge is 0.0811 e. The summed E-state index contributed by atoms with van der Waals surface area (Å²) in [6.45, 7) is 3.12. The highest BCUT2D eigenvalue weighted by atomic mass is 16.6. The number of likely N-dealkylation sites (tertiary alicyclic amines) is 1. The summed E-state index contributed by atoms with van der Waals surface area (Å²) in [5.74, 6) is 5.17. The topological polar surface area (TPSA) is 51.4 Å². The number of nitrogens with two attached hydrogens (primary N) is 1. The van der Waals surface area contributed by atoms with Crippen LogP contribution in [0.3, 0.4) is 0 Å². The summed E-state index contributed by atoms with van der Waals surface area (Å²) in [5.41, 5.74) is 1.32. The van der Waals surface area contributed by atoms with Gasteiger partial charge in [0, 0.05) is 32.0 Å². The number of rotatable bonds is 3. The van der Waals surface area contributed by atoms with E-state index in [1.54, 1.807) is 0 Å². The van der Waals surface area contributed by atoms with Crippen molar-refractivity contribution >= 4 is 0 Å². The Balaban J connectivity index is 1.82. The zero-order valence-corrected chi connectivity index (χ0v) is 8.80. The zero-order chi connectivity index (χ0) is 10.5. The fourth-order valence-corrected chi connectivity index (χ4v) is 1.95. The molecule has 0 atom stereocenters. The number of pyridine rings is 1.